The fourth-order valence-electron chi connectivity index (χ4n) is 6.87. The number of alkyl halides is 1. The van der Waals surface area contributed by atoms with Crippen molar-refractivity contribution in [3.05, 3.63) is 80.8 Å². The summed E-state index contributed by atoms with van der Waals surface area (Å²) >= 11 is 35.0. The van der Waals surface area contributed by atoms with Crippen LogP contribution >= 0.6 is 69.6 Å². The lowest BCUT2D eigenvalue weighted by Gasteiger charge is -2.33. The van der Waals surface area contributed by atoms with Gasteiger partial charge in [0, 0.05) is 87.7 Å². The van der Waals surface area contributed by atoms with E-state index in [-0.39, 0.29) is 7.43 Å². The van der Waals surface area contributed by atoms with Crippen molar-refractivity contribution in [2.45, 2.75) is 51.4 Å². The Kier molecular flexibility index (Phi) is 14.4. The second-order valence-corrected chi connectivity index (χ2v) is 14.5. The Morgan fingerprint density at radius 2 is 1.36 bits per heavy atom. The van der Waals surface area contributed by atoms with E-state index in [0.717, 1.165) is 63.1 Å². The van der Waals surface area contributed by atoms with Crippen LogP contribution in [0, 0.1) is 11.8 Å². The number of piperidine rings is 2. The maximum absolute atomic E-state index is 9.71. The lowest BCUT2D eigenvalue weighted by Crippen LogP contribution is -2.42. The molecule has 8 nitrogen and oxygen atoms in total. The average Bonchev–Trinajstić information content (AvgIpc) is 3.45. The highest BCUT2D eigenvalue weighted by atomic mass is 35.5. The fraction of sp³-hybridized carbons (Fsp3) is 0.485. The second-order valence-electron chi connectivity index (χ2n) is 12.0. The third-order valence-electron chi connectivity index (χ3n) is 8.54. The van der Waals surface area contributed by atoms with Crippen molar-refractivity contribution >= 4 is 86.4 Å². The number of likely N-dealkylation sites (tertiary alicyclic amines) is 1. The van der Waals surface area contributed by atoms with E-state index in [4.69, 9.17) is 69.6 Å². The van der Waals surface area contributed by atoms with Crippen LogP contribution in [-0.4, -0.2) is 77.2 Å². The molecule has 5 atom stereocenters. The van der Waals surface area contributed by atoms with Crippen molar-refractivity contribution in [2.75, 3.05) is 49.1 Å². The van der Waals surface area contributed by atoms with Gasteiger partial charge in [0.1, 0.15) is 0 Å². The molecule has 5 unspecified atom stereocenters. The smallest absolute Gasteiger partial charge is 0.405 e. The number of pyridine rings is 2. The Morgan fingerprint density at radius 3 is 1.87 bits per heavy atom. The van der Waals surface area contributed by atoms with Gasteiger partial charge in [0.25, 0.3) is 0 Å². The molecule has 1 N–H and O–H groups in total. The zero-order valence-corrected chi connectivity index (χ0v) is 29.8. The molecule has 0 radical (unpaired) electrons. The van der Waals surface area contributed by atoms with Crippen LogP contribution in [0.3, 0.4) is 0 Å². The molecule has 4 fully saturated rings. The van der Waals surface area contributed by atoms with Crippen molar-refractivity contribution in [1.29, 1.82) is 0 Å². The molecule has 0 amide bonds. The third kappa shape index (κ3) is 10.1. The number of nitrogens with zero attached hydrogens (tertiary/aromatic N) is 5. The van der Waals surface area contributed by atoms with Gasteiger partial charge in [0.05, 0.1) is 31.5 Å². The van der Waals surface area contributed by atoms with Crippen molar-refractivity contribution in [1.82, 2.24) is 20.2 Å². The Bertz CT molecular complexity index is 1430. The number of rotatable bonds is 5. The highest BCUT2D eigenvalue weighted by molar-refractivity contribution is 6.61. The summed E-state index contributed by atoms with van der Waals surface area (Å²) in [6.07, 6.45) is 9.17. The SMILES string of the molecule is C.CC(Cl)OC(=O)Cl.Clc1cncc(Cl)c1N1CC2CC1CN(Cc1ccccc1)C2.Clc1cncc(Cl)c1N1CC2CNCC1C2. The molecule has 4 aliphatic rings. The summed E-state index contributed by atoms with van der Waals surface area (Å²) in [4.78, 5) is 25.1. The first-order valence-electron chi connectivity index (χ1n) is 15.2. The van der Waals surface area contributed by atoms with Crippen molar-refractivity contribution in [2.24, 2.45) is 11.8 Å². The lowest BCUT2D eigenvalue weighted by atomic mass is 9.99. The monoisotopic (exact) mass is 762 g/mol. The molecule has 6 heterocycles. The largest absolute Gasteiger partial charge is 0.434 e. The number of benzene rings is 1. The molecule has 47 heavy (non-hydrogen) atoms. The van der Waals surface area contributed by atoms with Gasteiger partial charge in [0.2, 0.25) is 0 Å². The van der Waals surface area contributed by atoms with Gasteiger partial charge in [0.15, 0.2) is 5.56 Å². The molecule has 4 saturated heterocycles. The van der Waals surface area contributed by atoms with E-state index in [0.29, 0.717) is 38.1 Å². The molecule has 0 spiro atoms. The number of carbonyl (C=O) groups is 1. The first kappa shape index (κ1) is 38.1. The average molecular weight is 765 g/mol. The van der Waals surface area contributed by atoms with Crippen LogP contribution < -0.4 is 15.1 Å². The number of ether oxygens (including phenoxy) is 1. The Morgan fingerprint density at radius 1 is 0.830 bits per heavy atom. The predicted molar refractivity (Wildman–Crippen MR) is 196 cm³/mol. The van der Waals surface area contributed by atoms with Crippen LogP contribution in [0.1, 0.15) is 32.8 Å². The van der Waals surface area contributed by atoms with Gasteiger partial charge >= 0.3 is 5.43 Å². The summed E-state index contributed by atoms with van der Waals surface area (Å²) in [6, 6.07) is 11.7. The summed E-state index contributed by atoms with van der Waals surface area (Å²) in [5, 5.41) is 6.05. The number of anilines is 2. The van der Waals surface area contributed by atoms with Crippen molar-refractivity contribution in [3.63, 3.8) is 0 Å². The van der Waals surface area contributed by atoms with E-state index < -0.39 is 11.0 Å². The molecular formula is C33H40Cl6N6O2. The molecule has 0 saturated carbocycles. The molecule has 3 aromatic rings. The van der Waals surface area contributed by atoms with Gasteiger partial charge in [-0.25, -0.2) is 4.79 Å². The van der Waals surface area contributed by atoms with E-state index >= 15 is 0 Å². The zero-order chi connectivity index (χ0) is 32.8. The lowest BCUT2D eigenvalue weighted by molar-refractivity contribution is 0.166. The molecule has 0 aliphatic carbocycles. The van der Waals surface area contributed by atoms with Crippen LogP contribution in [0.15, 0.2) is 55.1 Å². The number of halogens is 6. The minimum absolute atomic E-state index is 0. The van der Waals surface area contributed by atoms with Gasteiger partial charge in [-0.05, 0) is 43.7 Å². The maximum Gasteiger partial charge on any atom is 0.405 e. The highest BCUT2D eigenvalue weighted by Gasteiger charge is 2.40. The van der Waals surface area contributed by atoms with Crippen molar-refractivity contribution < 1.29 is 9.53 Å². The van der Waals surface area contributed by atoms with Crippen LogP contribution in [-0.2, 0) is 11.3 Å². The first-order chi connectivity index (χ1) is 22.1. The van der Waals surface area contributed by atoms with Gasteiger partial charge in [-0.2, -0.15) is 0 Å². The molecule has 7 rings (SSSR count). The summed E-state index contributed by atoms with van der Waals surface area (Å²) in [5.41, 5.74) is 1.78. The predicted octanol–water partition coefficient (Wildman–Crippen LogP) is 8.87. The van der Waals surface area contributed by atoms with Crippen molar-refractivity contribution in [3.8, 4) is 0 Å². The summed E-state index contributed by atoms with van der Waals surface area (Å²) in [5.74, 6) is 1.40. The number of carbonyl (C=O) groups excluding carboxylic acids is 1. The normalized spacial score (nSPS) is 23.5. The minimum atomic E-state index is -0.873. The second kappa shape index (κ2) is 17.8. The number of nitrogens with one attached hydrogen (secondary N) is 1. The van der Waals surface area contributed by atoms with Gasteiger partial charge in [-0.3, -0.25) is 14.9 Å². The van der Waals surface area contributed by atoms with E-state index in [1.54, 1.807) is 24.8 Å². The molecule has 4 aliphatic heterocycles. The standard InChI is InChI=1S/C18H19Cl2N3.C11H13Cl2N3.C3H4Cl2O2.CH4/c19-16-7-21-8-17(20)18(16)23-11-14-6-15(23)12-22(10-14)9-13-4-2-1-3-5-13;12-9-4-15-5-10(13)11(9)16-6-7-1-8(16)3-14-2-7;1-2(4)7-3(5)6;/h1-5,7-8,14-15H,6,9-12H2;4-5,7-8,14H,1-3,6H2;2H,1H3;1H4. The molecular weight excluding hydrogens is 725 g/mol. The zero-order valence-electron chi connectivity index (χ0n) is 25.3. The van der Waals surface area contributed by atoms with Crippen LogP contribution in [0.2, 0.25) is 20.1 Å². The minimum Gasteiger partial charge on any atom is -0.434 e. The quantitative estimate of drug-likeness (QED) is 0.204. The molecule has 4 bridgehead atoms. The molecule has 256 valence electrons. The highest BCUT2D eigenvalue weighted by Crippen LogP contribution is 2.41. The number of hydrogen-bond acceptors (Lipinski definition) is 8. The van der Waals surface area contributed by atoms with Gasteiger partial charge in [-0.15, -0.1) is 0 Å². The van der Waals surface area contributed by atoms with Crippen LogP contribution in [0.4, 0.5) is 16.2 Å². The van der Waals surface area contributed by atoms with Crippen LogP contribution in [0.25, 0.3) is 0 Å². The fourth-order valence-corrected chi connectivity index (χ4v) is 8.29. The Labute approximate surface area is 307 Å². The van der Waals surface area contributed by atoms with E-state index in [2.05, 4.69) is 65.1 Å². The summed E-state index contributed by atoms with van der Waals surface area (Å²) < 4.78 is 4.14. The number of aromatic nitrogens is 2. The summed E-state index contributed by atoms with van der Waals surface area (Å²) in [7, 11) is 0. The van der Waals surface area contributed by atoms with Crippen LogP contribution in [0.5, 0.6) is 0 Å². The van der Waals surface area contributed by atoms with E-state index in [1.165, 1.54) is 25.3 Å². The topological polar surface area (TPSA) is 73.8 Å². The van der Waals surface area contributed by atoms with Gasteiger partial charge in [-0.1, -0.05) is 95.8 Å². The summed E-state index contributed by atoms with van der Waals surface area (Å²) in [6.45, 7) is 8.91. The van der Waals surface area contributed by atoms with E-state index in [9.17, 15) is 4.79 Å². The maximum atomic E-state index is 9.71. The van der Waals surface area contributed by atoms with Gasteiger partial charge < -0.3 is 19.9 Å². The molecule has 14 heteroatoms. The first-order valence-corrected chi connectivity index (χ1v) is 17.5. The molecule has 1 aromatic carbocycles. The Hall–Kier alpha value is -1.75. The number of fused-ring (bicyclic) bond motifs is 4. The Balaban J connectivity index is 0.000000181. The number of hydrogen-bond donors (Lipinski definition) is 1. The molecule has 2 aromatic heterocycles. The van der Waals surface area contributed by atoms with E-state index in [1.807, 2.05) is 0 Å². The third-order valence-corrected chi connectivity index (χ3v) is 9.82.